The molecule has 3 unspecified atom stereocenters. The molecule has 1 aromatic carbocycles. The first-order valence-electron chi connectivity index (χ1n) is 8.65. The highest BCUT2D eigenvalue weighted by Crippen LogP contribution is 2.26. The first-order valence-corrected chi connectivity index (χ1v) is 9.45. The maximum absolute atomic E-state index is 12.3. The van der Waals surface area contributed by atoms with Gasteiger partial charge in [0.2, 0.25) is 5.91 Å². The predicted octanol–water partition coefficient (Wildman–Crippen LogP) is 3.75. The number of halogens is 3. The fourth-order valence-corrected chi connectivity index (χ4v) is 4.01. The van der Waals surface area contributed by atoms with Crippen molar-refractivity contribution in [1.29, 1.82) is 0 Å². The normalized spacial score (nSPS) is 25.7. The lowest BCUT2D eigenvalue weighted by Gasteiger charge is -2.26. The molecule has 7 heteroatoms. The van der Waals surface area contributed by atoms with Crippen LogP contribution in [0, 0.1) is 11.8 Å². The number of benzene rings is 1. The summed E-state index contributed by atoms with van der Waals surface area (Å²) in [4.78, 5) is 14.7. The van der Waals surface area contributed by atoms with Crippen LogP contribution >= 0.6 is 40.7 Å². The molecule has 1 aliphatic heterocycles. The number of amides is 1. The number of nitrogens with one attached hydrogen (secondary N) is 1. The summed E-state index contributed by atoms with van der Waals surface area (Å²) in [6.45, 7) is 2.88. The minimum Gasteiger partial charge on any atom is -0.371 e. The van der Waals surface area contributed by atoms with Gasteiger partial charge in [-0.15, -0.1) is 24.8 Å². The second kappa shape index (κ2) is 10.6. The standard InChI is InChI=1S/C18H26BrN3O.2ClH/c19-15-4-6-17(7-5-15)22-9-8-13(12-22)11-21-18(23)14-2-1-3-16(20)10-14;;/h4-7,13-14,16H,1-3,8-12,20H2,(H,21,23);2*1H. The number of nitrogens with two attached hydrogens (primary N) is 1. The third-order valence-corrected chi connectivity index (χ3v) is 5.66. The lowest BCUT2D eigenvalue weighted by atomic mass is 9.85. The molecule has 2 aliphatic rings. The van der Waals surface area contributed by atoms with Crippen LogP contribution < -0.4 is 16.0 Å². The molecule has 0 spiro atoms. The van der Waals surface area contributed by atoms with E-state index in [4.69, 9.17) is 5.73 Å². The van der Waals surface area contributed by atoms with Crippen molar-refractivity contribution in [3.05, 3.63) is 28.7 Å². The number of nitrogens with zero attached hydrogens (tertiary/aromatic N) is 1. The largest absolute Gasteiger partial charge is 0.371 e. The summed E-state index contributed by atoms with van der Waals surface area (Å²) in [6.07, 6.45) is 5.13. The van der Waals surface area contributed by atoms with Gasteiger partial charge in [0.15, 0.2) is 0 Å². The Kier molecular flexibility index (Phi) is 9.57. The van der Waals surface area contributed by atoms with Crippen LogP contribution in [0.4, 0.5) is 5.69 Å². The molecule has 1 amide bonds. The van der Waals surface area contributed by atoms with Crippen LogP contribution in [-0.2, 0) is 4.79 Å². The van der Waals surface area contributed by atoms with E-state index < -0.39 is 0 Å². The average Bonchev–Trinajstić information content (AvgIpc) is 3.02. The van der Waals surface area contributed by atoms with Crippen molar-refractivity contribution in [2.24, 2.45) is 17.6 Å². The zero-order chi connectivity index (χ0) is 16.2. The Bertz CT molecular complexity index is 544. The predicted molar refractivity (Wildman–Crippen MR) is 112 cm³/mol. The van der Waals surface area contributed by atoms with Crippen molar-refractivity contribution in [2.75, 3.05) is 24.5 Å². The monoisotopic (exact) mass is 451 g/mol. The summed E-state index contributed by atoms with van der Waals surface area (Å²) in [5.74, 6) is 0.879. The number of carbonyl (C=O) groups excluding carboxylic acids is 1. The van der Waals surface area contributed by atoms with E-state index in [2.05, 4.69) is 50.4 Å². The van der Waals surface area contributed by atoms with Gasteiger partial charge in [-0.2, -0.15) is 0 Å². The molecule has 4 nitrogen and oxygen atoms in total. The minimum atomic E-state index is 0. The molecule has 25 heavy (non-hydrogen) atoms. The van der Waals surface area contributed by atoms with Crippen LogP contribution in [0.5, 0.6) is 0 Å². The first-order chi connectivity index (χ1) is 11.1. The summed E-state index contributed by atoms with van der Waals surface area (Å²) in [7, 11) is 0. The van der Waals surface area contributed by atoms with Crippen LogP contribution in [-0.4, -0.2) is 31.6 Å². The number of rotatable bonds is 4. The van der Waals surface area contributed by atoms with Gasteiger partial charge in [0.05, 0.1) is 0 Å². The SMILES string of the molecule is Cl.Cl.NC1CCCC(C(=O)NCC2CCN(c3ccc(Br)cc3)C2)C1. The molecule has 1 saturated heterocycles. The van der Waals surface area contributed by atoms with Crippen LogP contribution in [0.25, 0.3) is 0 Å². The van der Waals surface area contributed by atoms with Crippen molar-refractivity contribution in [1.82, 2.24) is 5.32 Å². The maximum atomic E-state index is 12.3. The third-order valence-electron chi connectivity index (χ3n) is 5.13. The molecule has 0 bridgehead atoms. The van der Waals surface area contributed by atoms with Crippen LogP contribution in [0.3, 0.4) is 0 Å². The Hall–Kier alpha value is -0.490. The second-order valence-electron chi connectivity index (χ2n) is 6.95. The van der Waals surface area contributed by atoms with Crippen molar-refractivity contribution in [3.8, 4) is 0 Å². The van der Waals surface area contributed by atoms with Gasteiger partial charge in [0.25, 0.3) is 0 Å². The van der Waals surface area contributed by atoms with Crippen LogP contribution in [0.2, 0.25) is 0 Å². The molecule has 1 aliphatic carbocycles. The van der Waals surface area contributed by atoms with Gasteiger partial charge in [-0.05, 0) is 55.9 Å². The Labute approximate surface area is 171 Å². The van der Waals surface area contributed by atoms with E-state index in [1.54, 1.807) is 0 Å². The average molecular weight is 453 g/mol. The quantitative estimate of drug-likeness (QED) is 0.731. The summed E-state index contributed by atoms with van der Waals surface area (Å²) in [6, 6.07) is 8.66. The van der Waals surface area contributed by atoms with E-state index in [1.807, 2.05) is 0 Å². The molecular weight excluding hydrogens is 425 g/mol. The van der Waals surface area contributed by atoms with Gasteiger partial charge in [-0.25, -0.2) is 0 Å². The Morgan fingerprint density at radius 2 is 1.92 bits per heavy atom. The fourth-order valence-electron chi connectivity index (χ4n) is 3.74. The van der Waals surface area contributed by atoms with E-state index in [0.717, 1.165) is 56.2 Å². The van der Waals surface area contributed by atoms with Gasteiger partial charge in [0.1, 0.15) is 0 Å². The van der Waals surface area contributed by atoms with E-state index >= 15 is 0 Å². The summed E-state index contributed by atoms with van der Waals surface area (Å²) < 4.78 is 1.11. The van der Waals surface area contributed by atoms with E-state index in [-0.39, 0.29) is 42.7 Å². The molecule has 0 aromatic heterocycles. The Morgan fingerprint density at radius 1 is 1.20 bits per heavy atom. The number of carbonyl (C=O) groups is 1. The molecule has 1 aromatic rings. The zero-order valence-corrected chi connectivity index (χ0v) is 17.5. The second-order valence-corrected chi connectivity index (χ2v) is 7.86. The minimum absolute atomic E-state index is 0. The highest BCUT2D eigenvalue weighted by Gasteiger charge is 2.27. The molecule has 142 valence electrons. The molecule has 3 rings (SSSR count). The van der Waals surface area contributed by atoms with Crippen molar-refractivity contribution < 1.29 is 4.79 Å². The lowest BCUT2D eigenvalue weighted by molar-refractivity contribution is -0.126. The third kappa shape index (κ3) is 6.31. The van der Waals surface area contributed by atoms with Gasteiger partial charge in [-0.1, -0.05) is 22.4 Å². The molecule has 3 atom stereocenters. The van der Waals surface area contributed by atoms with E-state index in [0.29, 0.717) is 5.92 Å². The van der Waals surface area contributed by atoms with Gasteiger partial charge < -0.3 is 16.0 Å². The molecule has 2 fully saturated rings. The lowest BCUT2D eigenvalue weighted by Crippen LogP contribution is -2.39. The number of hydrogen-bond donors (Lipinski definition) is 2. The van der Waals surface area contributed by atoms with Crippen molar-refractivity contribution >= 4 is 52.3 Å². The molecule has 1 saturated carbocycles. The van der Waals surface area contributed by atoms with E-state index in [1.165, 1.54) is 5.69 Å². The Balaban J connectivity index is 0.00000156. The number of anilines is 1. The molecule has 1 heterocycles. The topological polar surface area (TPSA) is 58.4 Å². The van der Waals surface area contributed by atoms with E-state index in [9.17, 15) is 4.79 Å². The number of hydrogen-bond acceptors (Lipinski definition) is 3. The van der Waals surface area contributed by atoms with Crippen molar-refractivity contribution in [2.45, 2.75) is 38.1 Å². The maximum Gasteiger partial charge on any atom is 0.223 e. The highest BCUT2D eigenvalue weighted by atomic mass is 79.9. The smallest absolute Gasteiger partial charge is 0.223 e. The summed E-state index contributed by atoms with van der Waals surface area (Å²) in [5, 5.41) is 3.17. The zero-order valence-electron chi connectivity index (χ0n) is 14.3. The van der Waals surface area contributed by atoms with Crippen LogP contribution in [0.1, 0.15) is 32.1 Å². The summed E-state index contributed by atoms with van der Waals surface area (Å²) >= 11 is 3.47. The van der Waals surface area contributed by atoms with Gasteiger partial charge in [0, 0.05) is 41.8 Å². The van der Waals surface area contributed by atoms with Crippen molar-refractivity contribution in [3.63, 3.8) is 0 Å². The first kappa shape index (κ1) is 22.6. The molecular formula is C18H28BrCl2N3O. The molecule has 3 N–H and O–H groups in total. The highest BCUT2D eigenvalue weighted by molar-refractivity contribution is 9.10. The van der Waals surface area contributed by atoms with Gasteiger partial charge in [-0.3, -0.25) is 4.79 Å². The van der Waals surface area contributed by atoms with Crippen LogP contribution in [0.15, 0.2) is 28.7 Å². The molecule has 0 radical (unpaired) electrons. The Morgan fingerprint density at radius 3 is 2.60 bits per heavy atom. The van der Waals surface area contributed by atoms with Gasteiger partial charge >= 0.3 is 0 Å². The fraction of sp³-hybridized carbons (Fsp3) is 0.611. The summed E-state index contributed by atoms with van der Waals surface area (Å²) in [5.41, 5.74) is 7.25.